The lowest BCUT2D eigenvalue weighted by molar-refractivity contribution is -0.384. The number of hydrogen-bond acceptors (Lipinski definition) is 6. The molecule has 9 heteroatoms. The molecule has 0 amide bonds. The van der Waals surface area contributed by atoms with Crippen LogP contribution in [0.15, 0.2) is 23.1 Å². The molecule has 1 saturated heterocycles. The van der Waals surface area contributed by atoms with Gasteiger partial charge in [-0.1, -0.05) is 0 Å². The molecule has 1 saturated carbocycles. The minimum absolute atomic E-state index is 0.0237. The van der Waals surface area contributed by atoms with Gasteiger partial charge in [-0.2, -0.15) is 4.31 Å². The van der Waals surface area contributed by atoms with E-state index in [1.54, 1.807) is 0 Å². The summed E-state index contributed by atoms with van der Waals surface area (Å²) in [7, 11) is -3.67. The Morgan fingerprint density at radius 2 is 2.00 bits per heavy atom. The summed E-state index contributed by atoms with van der Waals surface area (Å²) in [5.41, 5.74) is 0.113. The highest BCUT2D eigenvalue weighted by atomic mass is 32.2. The van der Waals surface area contributed by atoms with Gasteiger partial charge in [-0.3, -0.25) is 10.1 Å². The SMILES string of the molecule is O=[N+]([O-])c1cc(S(=O)(=O)N2CCCC2)ccc1NCCCOCC1CC1. The van der Waals surface area contributed by atoms with Crippen molar-refractivity contribution in [2.24, 2.45) is 5.92 Å². The third-order valence-corrected chi connectivity index (χ3v) is 6.59. The van der Waals surface area contributed by atoms with Crippen LogP contribution in [0.3, 0.4) is 0 Å². The molecule has 0 radical (unpaired) electrons. The van der Waals surface area contributed by atoms with Crippen molar-refractivity contribution in [2.45, 2.75) is 37.0 Å². The second kappa shape index (κ2) is 8.32. The van der Waals surface area contributed by atoms with Crippen LogP contribution in [0.2, 0.25) is 0 Å². The average Bonchev–Trinajstić information content (AvgIpc) is 3.26. The fraction of sp³-hybridized carbons (Fsp3) is 0.647. The molecule has 1 aromatic carbocycles. The van der Waals surface area contributed by atoms with Gasteiger partial charge in [0.1, 0.15) is 5.69 Å². The lowest BCUT2D eigenvalue weighted by Crippen LogP contribution is -2.27. The van der Waals surface area contributed by atoms with E-state index in [1.165, 1.54) is 29.3 Å². The first kappa shape index (κ1) is 19.1. The van der Waals surface area contributed by atoms with Crippen LogP contribution in [-0.2, 0) is 14.8 Å². The fourth-order valence-electron chi connectivity index (χ4n) is 2.98. The van der Waals surface area contributed by atoms with Gasteiger partial charge in [0, 0.05) is 38.9 Å². The van der Waals surface area contributed by atoms with Crippen LogP contribution >= 0.6 is 0 Å². The van der Waals surface area contributed by atoms with E-state index in [0.717, 1.165) is 31.9 Å². The second-order valence-electron chi connectivity index (χ2n) is 6.85. The number of nitro groups is 1. The molecule has 1 aromatic rings. The number of nitrogens with zero attached hydrogens (tertiary/aromatic N) is 2. The van der Waals surface area contributed by atoms with Crippen LogP contribution in [0.25, 0.3) is 0 Å². The predicted octanol–water partition coefficient (Wildman–Crippen LogP) is 2.61. The van der Waals surface area contributed by atoms with Gasteiger partial charge < -0.3 is 10.1 Å². The van der Waals surface area contributed by atoms with Gasteiger partial charge in [0.05, 0.1) is 9.82 Å². The quantitative estimate of drug-likeness (QED) is 0.378. The topological polar surface area (TPSA) is 102 Å². The number of benzene rings is 1. The first-order valence-corrected chi connectivity index (χ1v) is 10.5. The van der Waals surface area contributed by atoms with Crippen molar-refractivity contribution in [3.05, 3.63) is 28.3 Å². The van der Waals surface area contributed by atoms with Gasteiger partial charge in [0.2, 0.25) is 10.0 Å². The smallest absolute Gasteiger partial charge is 0.293 e. The minimum Gasteiger partial charge on any atom is -0.381 e. The number of sulfonamides is 1. The van der Waals surface area contributed by atoms with Crippen molar-refractivity contribution in [2.75, 3.05) is 38.2 Å². The molecule has 0 bridgehead atoms. The summed E-state index contributed by atoms with van der Waals surface area (Å²) in [4.78, 5) is 10.8. The number of anilines is 1. The Kier molecular flexibility index (Phi) is 6.10. The van der Waals surface area contributed by atoms with Crippen LogP contribution in [0.5, 0.6) is 0 Å². The van der Waals surface area contributed by atoms with E-state index >= 15 is 0 Å². The van der Waals surface area contributed by atoms with Crippen LogP contribution in [0.4, 0.5) is 11.4 Å². The lowest BCUT2D eigenvalue weighted by atomic mass is 10.2. The zero-order chi connectivity index (χ0) is 18.6. The van der Waals surface area contributed by atoms with Crippen molar-refractivity contribution in [1.82, 2.24) is 4.31 Å². The zero-order valence-electron chi connectivity index (χ0n) is 14.7. The Hall–Kier alpha value is -1.71. The third kappa shape index (κ3) is 4.72. The van der Waals surface area contributed by atoms with E-state index in [0.29, 0.717) is 37.8 Å². The molecule has 1 N–H and O–H groups in total. The Morgan fingerprint density at radius 3 is 2.65 bits per heavy atom. The molecule has 0 unspecified atom stereocenters. The van der Waals surface area contributed by atoms with Crippen molar-refractivity contribution in [3.8, 4) is 0 Å². The molecule has 1 aliphatic carbocycles. The molecule has 144 valence electrons. The third-order valence-electron chi connectivity index (χ3n) is 4.70. The molecule has 0 aromatic heterocycles. The molecule has 26 heavy (non-hydrogen) atoms. The molecule has 2 aliphatic rings. The van der Waals surface area contributed by atoms with Crippen LogP contribution in [-0.4, -0.2) is 50.5 Å². The van der Waals surface area contributed by atoms with E-state index in [4.69, 9.17) is 4.74 Å². The monoisotopic (exact) mass is 383 g/mol. The molecular weight excluding hydrogens is 358 g/mol. The molecule has 0 spiro atoms. The number of hydrogen-bond donors (Lipinski definition) is 1. The molecule has 1 aliphatic heterocycles. The highest BCUT2D eigenvalue weighted by molar-refractivity contribution is 7.89. The second-order valence-corrected chi connectivity index (χ2v) is 8.78. The Balaban J connectivity index is 1.61. The van der Waals surface area contributed by atoms with Crippen molar-refractivity contribution >= 4 is 21.4 Å². The standard InChI is InChI=1S/C17H25N3O5S/c21-20(22)17-12-15(26(23,24)19-9-1-2-10-19)6-7-16(17)18-8-3-11-25-13-14-4-5-14/h6-7,12,14,18H,1-5,8-11,13H2. The van der Waals surface area contributed by atoms with Crippen LogP contribution < -0.4 is 5.32 Å². The summed E-state index contributed by atoms with van der Waals surface area (Å²) < 4.78 is 32.1. The molecule has 8 nitrogen and oxygen atoms in total. The van der Waals surface area contributed by atoms with E-state index in [-0.39, 0.29) is 10.6 Å². The predicted molar refractivity (Wildman–Crippen MR) is 97.7 cm³/mol. The Labute approximate surface area is 153 Å². The minimum atomic E-state index is -3.67. The zero-order valence-corrected chi connectivity index (χ0v) is 15.5. The molecular formula is C17H25N3O5S. The van der Waals surface area contributed by atoms with E-state index < -0.39 is 14.9 Å². The molecule has 0 atom stereocenters. The highest BCUT2D eigenvalue weighted by Crippen LogP contribution is 2.30. The van der Waals surface area contributed by atoms with E-state index in [9.17, 15) is 18.5 Å². The maximum Gasteiger partial charge on any atom is 0.293 e. The first-order chi connectivity index (χ1) is 12.5. The molecule has 1 heterocycles. The van der Waals surface area contributed by atoms with Crippen molar-refractivity contribution in [3.63, 3.8) is 0 Å². The first-order valence-electron chi connectivity index (χ1n) is 9.08. The average molecular weight is 383 g/mol. The number of ether oxygens (including phenoxy) is 1. The molecule has 3 rings (SSSR count). The highest BCUT2D eigenvalue weighted by Gasteiger charge is 2.29. The fourth-order valence-corrected chi connectivity index (χ4v) is 4.52. The Morgan fingerprint density at radius 1 is 1.27 bits per heavy atom. The van der Waals surface area contributed by atoms with Gasteiger partial charge >= 0.3 is 0 Å². The van der Waals surface area contributed by atoms with Crippen LogP contribution in [0, 0.1) is 16.0 Å². The summed E-state index contributed by atoms with van der Waals surface area (Å²) in [6.07, 6.45) is 4.87. The normalized spacial score (nSPS) is 18.2. The van der Waals surface area contributed by atoms with Gasteiger partial charge in [0.15, 0.2) is 0 Å². The van der Waals surface area contributed by atoms with Gasteiger partial charge in [-0.25, -0.2) is 8.42 Å². The van der Waals surface area contributed by atoms with Gasteiger partial charge in [0.25, 0.3) is 5.69 Å². The molecule has 2 fully saturated rings. The summed E-state index contributed by atoms with van der Waals surface area (Å²) in [6, 6.07) is 4.07. The lowest BCUT2D eigenvalue weighted by Gasteiger charge is -2.16. The summed E-state index contributed by atoms with van der Waals surface area (Å²) in [5.74, 6) is 0.717. The maximum atomic E-state index is 12.6. The van der Waals surface area contributed by atoms with E-state index in [1.807, 2.05) is 0 Å². The number of nitrogens with one attached hydrogen (secondary N) is 1. The number of nitro benzene ring substituents is 1. The number of rotatable bonds is 10. The van der Waals surface area contributed by atoms with Gasteiger partial charge in [-0.05, 0) is 50.2 Å². The van der Waals surface area contributed by atoms with Gasteiger partial charge in [-0.15, -0.1) is 0 Å². The summed E-state index contributed by atoms with van der Waals surface area (Å²) in [5, 5.41) is 14.4. The van der Waals surface area contributed by atoms with Crippen LogP contribution in [0.1, 0.15) is 32.1 Å². The Bertz CT molecular complexity index is 743. The summed E-state index contributed by atoms with van der Waals surface area (Å²) >= 11 is 0. The summed E-state index contributed by atoms with van der Waals surface area (Å²) in [6.45, 7) is 2.87. The van der Waals surface area contributed by atoms with Crippen molar-refractivity contribution in [1.29, 1.82) is 0 Å². The maximum absolute atomic E-state index is 12.6. The largest absolute Gasteiger partial charge is 0.381 e. The van der Waals surface area contributed by atoms with E-state index in [2.05, 4.69) is 5.32 Å². The van der Waals surface area contributed by atoms with Crippen molar-refractivity contribution < 1.29 is 18.1 Å².